The maximum atomic E-state index is 14.3. The Hall–Kier alpha value is -4.97. The molecule has 3 aromatic carbocycles. The molecule has 10 nitrogen and oxygen atoms in total. The van der Waals surface area contributed by atoms with Crippen LogP contribution in [0.3, 0.4) is 0 Å². The van der Waals surface area contributed by atoms with Crippen molar-refractivity contribution in [3.63, 3.8) is 0 Å². The number of hydrogen-bond acceptors (Lipinski definition) is 8. The third-order valence-corrected chi connectivity index (χ3v) is 11.3. The van der Waals surface area contributed by atoms with E-state index in [1.807, 2.05) is 54.6 Å². The van der Waals surface area contributed by atoms with E-state index in [9.17, 15) is 14.4 Å². The van der Waals surface area contributed by atoms with Crippen LogP contribution in [0.4, 0.5) is 11.4 Å². The fraction of sp³-hybridized carbons (Fsp3) is 0.282. The molecule has 3 aliphatic rings. The summed E-state index contributed by atoms with van der Waals surface area (Å²) in [5.41, 5.74) is 5.36. The van der Waals surface area contributed by atoms with Gasteiger partial charge in [0, 0.05) is 66.0 Å². The van der Waals surface area contributed by atoms with E-state index in [-0.39, 0.29) is 17.5 Å². The molecule has 0 radical (unpaired) electrons. The molecule has 260 valence electrons. The maximum Gasteiger partial charge on any atom is 0.365 e. The van der Waals surface area contributed by atoms with Crippen LogP contribution in [0.1, 0.15) is 61.8 Å². The van der Waals surface area contributed by atoms with Crippen molar-refractivity contribution in [1.82, 2.24) is 14.7 Å². The van der Waals surface area contributed by atoms with E-state index < -0.39 is 5.97 Å². The van der Waals surface area contributed by atoms with Gasteiger partial charge in [0.25, 0.3) is 5.91 Å². The molecule has 8 rings (SSSR count). The summed E-state index contributed by atoms with van der Waals surface area (Å²) in [4.78, 5) is 47.7. The van der Waals surface area contributed by atoms with Crippen molar-refractivity contribution >= 4 is 52.1 Å². The number of hydrogen-bond donors (Lipinski definition) is 0. The molecule has 0 saturated carbocycles. The number of aromatic nitrogens is 2. The zero-order valence-corrected chi connectivity index (χ0v) is 29.7. The van der Waals surface area contributed by atoms with Crippen molar-refractivity contribution in [2.45, 2.75) is 45.2 Å². The van der Waals surface area contributed by atoms with Crippen LogP contribution >= 0.6 is 22.9 Å². The average Bonchev–Trinajstić information content (AvgIpc) is 3.75. The van der Waals surface area contributed by atoms with E-state index >= 15 is 0 Å². The molecule has 0 bridgehead atoms. The highest BCUT2D eigenvalue weighted by Crippen LogP contribution is 2.36. The van der Waals surface area contributed by atoms with E-state index in [1.54, 1.807) is 41.2 Å². The number of carbonyl (C=O) groups is 3. The molecule has 5 heterocycles. The van der Waals surface area contributed by atoms with Crippen LogP contribution in [0.25, 0.3) is 5.69 Å². The summed E-state index contributed by atoms with van der Waals surface area (Å²) < 4.78 is 12.9. The Labute approximate surface area is 304 Å². The largest absolute Gasteiger partial charge is 0.497 e. The molecule has 3 aliphatic heterocycles. The van der Waals surface area contributed by atoms with Crippen molar-refractivity contribution in [2.75, 3.05) is 36.5 Å². The molecule has 1 fully saturated rings. The van der Waals surface area contributed by atoms with Crippen LogP contribution in [0, 0.1) is 0 Å². The Morgan fingerprint density at radius 1 is 0.863 bits per heavy atom. The molecular weight excluding hydrogens is 686 g/mol. The SMILES string of the molecule is COc1ccc(-n2nc(C(=O)Oc3cc4c(s3)CCN(Cc3ccccc3Cl)C4)c3c2C(=O)N(c2ccc(N4CCCCC4=O)cc2)CC3)cc1. The summed E-state index contributed by atoms with van der Waals surface area (Å²) in [7, 11) is 1.59. The summed E-state index contributed by atoms with van der Waals surface area (Å²) in [6, 6.07) is 24.5. The smallest absolute Gasteiger partial charge is 0.365 e. The van der Waals surface area contributed by atoms with Gasteiger partial charge in [-0.05, 0) is 97.5 Å². The van der Waals surface area contributed by atoms with E-state index in [1.165, 1.54) is 20.9 Å². The van der Waals surface area contributed by atoms with Gasteiger partial charge in [-0.1, -0.05) is 29.8 Å². The Morgan fingerprint density at radius 3 is 2.35 bits per heavy atom. The van der Waals surface area contributed by atoms with Crippen LogP contribution in [0.5, 0.6) is 10.8 Å². The molecule has 1 saturated heterocycles. The first-order valence-electron chi connectivity index (χ1n) is 17.1. The number of fused-ring (bicyclic) bond motifs is 2. The molecule has 2 aromatic heterocycles. The van der Waals surface area contributed by atoms with E-state index in [4.69, 9.17) is 26.2 Å². The average molecular weight is 722 g/mol. The molecule has 0 N–H and O–H groups in total. The number of anilines is 2. The van der Waals surface area contributed by atoms with Crippen molar-refractivity contribution in [2.24, 2.45) is 0 Å². The van der Waals surface area contributed by atoms with Gasteiger partial charge in [0.05, 0.1) is 12.8 Å². The summed E-state index contributed by atoms with van der Waals surface area (Å²) in [5.74, 6) is -0.0900. The summed E-state index contributed by atoms with van der Waals surface area (Å²) >= 11 is 7.90. The molecule has 0 unspecified atom stereocenters. The van der Waals surface area contributed by atoms with Crippen LogP contribution in [-0.2, 0) is 30.7 Å². The van der Waals surface area contributed by atoms with E-state index in [2.05, 4.69) is 4.90 Å². The summed E-state index contributed by atoms with van der Waals surface area (Å²) in [5, 5.41) is 5.98. The van der Waals surface area contributed by atoms with Gasteiger partial charge in [-0.3, -0.25) is 14.5 Å². The third-order valence-electron chi connectivity index (χ3n) is 9.79. The van der Waals surface area contributed by atoms with Gasteiger partial charge < -0.3 is 19.3 Å². The second-order valence-electron chi connectivity index (χ2n) is 13.0. The van der Waals surface area contributed by atoms with Crippen LogP contribution < -0.4 is 19.3 Å². The highest BCUT2D eigenvalue weighted by molar-refractivity contribution is 7.14. The number of amides is 2. The predicted molar refractivity (Wildman–Crippen MR) is 197 cm³/mol. The Morgan fingerprint density at radius 2 is 1.61 bits per heavy atom. The number of halogens is 1. The lowest BCUT2D eigenvalue weighted by atomic mass is 10.0. The minimum atomic E-state index is -0.596. The highest BCUT2D eigenvalue weighted by Gasteiger charge is 2.36. The minimum absolute atomic E-state index is 0.119. The lowest BCUT2D eigenvalue weighted by Crippen LogP contribution is -2.39. The number of methoxy groups -OCH3 is 1. The molecule has 2 amide bonds. The number of esters is 1. The van der Waals surface area contributed by atoms with Crippen molar-refractivity contribution < 1.29 is 23.9 Å². The van der Waals surface area contributed by atoms with E-state index in [0.29, 0.717) is 59.4 Å². The monoisotopic (exact) mass is 721 g/mol. The number of carbonyl (C=O) groups excluding carboxylic acids is 3. The fourth-order valence-electron chi connectivity index (χ4n) is 7.13. The zero-order chi connectivity index (χ0) is 35.1. The topological polar surface area (TPSA) is 97.2 Å². The van der Waals surface area contributed by atoms with Gasteiger partial charge in [0.1, 0.15) is 11.4 Å². The Balaban J connectivity index is 1.05. The summed E-state index contributed by atoms with van der Waals surface area (Å²) in [6.45, 7) is 3.41. The van der Waals surface area contributed by atoms with Gasteiger partial charge >= 0.3 is 5.97 Å². The first-order valence-corrected chi connectivity index (χ1v) is 18.3. The third kappa shape index (κ3) is 6.53. The lowest BCUT2D eigenvalue weighted by Gasteiger charge is -2.29. The first-order chi connectivity index (χ1) is 24.9. The molecule has 0 atom stereocenters. The van der Waals surface area contributed by atoms with Crippen LogP contribution in [0.2, 0.25) is 5.02 Å². The standard InChI is InChI=1S/C39H36ClN5O5S/c1-49-30-15-13-29(14-16-30)45-37-31(17-21-44(38(37)47)28-11-9-27(10-12-28)43-19-5-4-8-34(43)46)36(41-45)39(48)50-35-22-26-24-42(20-18-33(26)51-35)23-25-6-2-3-7-32(25)40/h2-3,6-7,9-16,22H,4-5,8,17-21,23-24H2,1H3. The fourth-order valence-corrected chi connectivity index (χ4v) is 8.33. The van der Waals surface area contributed by atoms with Crippen molar-refractivity contribution in [3.05, 3.63) is 117 Å². The van der Waals surface area contributed by atoms with Gasteiger partial charge in [-0.2, -0.15) is 5.10 Å². The normalized spacial score (nSPS) is 16.2. The molecule has 12 heteroatoms. The summed E-state index contributed by atoms with van der Waals surface area (Å²) in [6.07, 6.45) is 3.69. The number of thiophene rings is 1. The number of nitrogens with zero attached hydrogens (tertiary/aromatic N) is 5. The quantitative estimate of drug-likeness (QED) is 0.158. The Kier molecular flexibility index (Phi) is 9.10. The number of benzene rings is 3. The second kappa shape index (κ2) is 14.0. The number of rotatable bonds is 8. The lowest BCUT2D eigenvalue weighted by molar-refractivity contribution is -0.119. The van der Waals surface area contributed by atoms with Crippen molar-refractivity contribution in [1.29, 1.82) is 0 Å². The van der Waals surface area contributed by atoms with E-state index in [0.717, 1.165) is 60.7 Å². The van der Waals surface area contributed by atoms with Gasteiger partial charge in [-0.15, -0.1) is 11.3 Å². The second-order valence-corrected chi connectivity index (χ2v) is 14.5. The zero-order valence-electron chi connectivity index (χ0n) is 28.1. The molecule has 0 aliphatic carbocycles. The van der Waals surface area contributed by atoms with Gasteiger partial charge in [0.2, 0.25) is 5.91 Å². The minimum Gasteiger partial charge on any atom is -0.497 e. The first kappa shape index (κ1) is 33.2. The van der Waals surface area contributed by atoms with Crippen LogP contribution in [0.15, 0.2) is 78.9 Å². The Bertz CT molecular complexity index is 2130. The van der Waals surface area contributed by atoms with Gasteiger partial charge in [0.15, 0.2) is 10.8 Å². The molecule has 0 spiro atoms. The predicted octanol–water partition coefficient (Wildman–Crippen LogP) is 7.09. The van der Waals surface area contributed by atoms with Crippen LogP contribution in [-0.4, -0.2) is 59.2 Å². The van der Waals surface area contributed by atoms with Gasteiger partial charge in [-0.25, -0.2) is 9.48 Å². The number of ether oxygens (including phenoxy) is 2. The maximum absolute atomic E-state index is 14.3. The molecule has 5 aromatic rings. The van der Waals surface area contributed by atoms with Crippen molar-refractivity contribution in [3.8, 4) is 16.5 Å². The number of piperidine rings is 1. The molecule has 51 heavy (non-hydrogen) atoms. The molecular formula is C39H36ClN5O5S. The highest BCUT2D eigenvalue weighted by atomic mass is 35.5.